The van der Waals surface area contributed by atoms with Gasteiger partial charge in [-0.3, -0.25) is 0 Å². The Bertz CT molecular complexity index is 239. The minimum Gasteiger partial charge on any atom is -0.307 e. The van der Waals surface area contributed by atoms with Crippen molar-refractivity contribution in [2.45, 2.75) is 13.8 Å². The van der Waals surface area contributed by atoms with Crippen molar-refractivity contribution >= 4 is 7.29 Å². The van der Waals surface area contributed by atoms with E-state index in [1.165, 1.54) is 5.57 Å². The van der Waals surface area contributed by atoms with Gasteiger partial charge in [-0.15, -0.1) is 0 Å². The summed E-state index contributed by atoms with van der Waals surface area (Å²) in [5.41, 5.74) is 1.43. The summed E-state index contributed by atoms with van der Waals surface area (Å²) < 4.78 is 13.7. The standard InChI is InChI=1S/C9H18NOP/c1-8(2)9-5-6-10(7-9)12(3,4)11/h5,8H,6-7H2,1-4H3. The fraction of sp³-hybridized carbons (Fsp3) is 0.778. The number of nitrogens with zero attached hydrogens (tertiary/aromatic N) is 1. The molecular formula is C9H18NOP. The molecule has 0 saturated heterocycles. The third-order valence-corrected chi connectivity index (χ3v) is 4.02. The topological polar surface area (TPSA) is 20.3 Å². The first-order chi connectivity index (χ1) is 5.41. The quantitative estimate of drug-likeness (QED) is 0.488. The van der Waals surface area contributed by atoms with Crippen molar-refractivity contribution in [2.24, 2.45) is 5.92 Å². The van der Waals surface area contributed by atoms with E-state index in [0.717, 1.165) is 13.1 Å². The predicted molar refractivity (Wildman–Crippen MR) is 53.9 cm³/mol. The zero-order valence-corrected chi connectivity index (χ0v) is 9.27. The van der Waals surface area contributed by atoms with Crippen LogP contribution >= 0.6 is 7.29 Å². The molecule has 0 aromatic heterocycles. The van der Waals surface area contributed by atoms with Crippen LogP contribution in [0.4, 0.5) is 0 Å². The average molecular weight is 187 g/mol. The van der Waals surface area contributed by atoms with Crippen molar-refractivity contribution in [3.05, 3.63) is 11.6 Å². The van der Waals surface area contributed by atoms with Gasteiger partial charge in [0.25, 0.3) is 0 Å². The van der Waals surface area contributed by atoms with Gasteiger partial charge in [0.1, 0.15) is 7.29 Å². The first-order valence-electron chi connectivity index (χ1n) is 4.40. The summed E-state index contributed by atoms with van der Waals surface area (Å²) in [6.07, 6.45) is 2.21. The first-order valence-corrected chi connectivity index (χ1v) is 6.96. The van der Waals surface area contributed by atoms with Crippen LogP contribution in [0.5, 0.6) is 0 Å². The smallest absolute Gasteiger partial charge is 0.145 e. The minimum atomic E-state index is -2.01. The van der Waals surface area contributed by atoms with Crippen LogP contribution in [0.3, 0.4) is 0 Å². The Balaban J connectivity index is 2.59. The van der Waals surface area contributed by atoms with E-state index in [2.05, 4.69) is 24.6 Å². The molecule has 2 nitrogen and oxygen atoms in total. The lowest BCUT2D eigenvalue weighted by molar-refractivity contribution is 0.484. The Morgan fingerprint density at radius 1 is 1.50 bits per heavy atom. The highest BCUT2D eigenvalue weighted by molar-refractivity contribution is 7.59. The molecule has 0 N–H and O–H groups in total. The summed E-state index contributed by atoms with van der Waals surface area (Å²) in [5.74, 6) is 0.599. The molecule has 70 valence electrons. The second-order valence-electron chi connectivity index (χ2n) is 4.07. The van der Waals surface area contributed by atoms with Crippen molar-refractivity contribution in [2.75, 3.05) is 26.4 Å². The maximum Gasteiger partial charge on any atom is 0.145 e. The Morgan fingerprint density at radius 2 is 2.08 bits per heavy atom. The van der Waals surface area contributed by atoms with Crippen LogP contribution in [-0.4, -0.2) is 31.1 Å². The van der Waals surface area contributed by atoms with Gasteiger partial charge < -0.3 is 4.57 Å². The first kappa shape index (κ1) is 10.0. The number of hydrogen-bond donors (Lipinski definition) is 0. The van der Waals surface area contributed by atoms with Gasteiger partial charge in [0, 0.05) is 26.4 Å². The van der Waals surface area contributed by atoms with Crippen molar-refractivity contribution in [1.82, 2.24) is 4.67 Å². The second kappa shape index (κ2) is 3.35. The lowest BCUT2D eigenvalue weighted by Gasteiger charge is -2.21. The molecule has 1 rings (SSSR count). The van der Waals surface area contributed by atoms with Crippen LogP contribution < -0.4 is 0 Å². The van der Waals surface area contributed by atoms with Crippen molar-refractivity contribution < 1.29 is 4.57 Å². The second-order valence-corrected chi connectivity index (χ2v) is 7.23. The SMILES string of the molecule is CC(C)C1=CCN(P(C)(C)=O)C1. The van der Waals surface area contributed by atoms with E-state index < -0.39 is 7.29 Å². The zero-order chi connectivity index (χ0) is 9.35. The van der Waals surface area contributed by atoms with E-state index in [0.29, 0.717) is 5.92 Å². The lowest BCUT2D eigenvalue weighted by atomic mass is 10.1. The maximum absolute atomic E-state index is 11.7. The Morgan fingerprint density at radius 3 is 2.33 bits per heavy atom. The number of rotatable bonds is 2. The molecule has 0 bridgehead atoms. The van der Waals surface area contributed by atoms with Gasteiger partial charge in [-0.1, -0.05) is 25.5 Å². The molecule has 3 heteroatoms. The van der Waals surface area contributed by atoms with E-state index in [1.807, 2.05) is 13.3 Å². The lowest BCUT2D eigenvalue weighted by Crippen LogP contribution is -2.17. The minimum absolute atomic E-state index is 0.599. The summed E-state index contributed by atoms with van der Waals surface area (Å²) in [4.78, 5) is 0. The highest BCUT2D eigenvalue weighted by atomic mass is 31.2. The summed E-state index contributed by atoms with van der Waals surface area (Å²) in [6, 6.07) is 0. The van der Waals surface area contributed by atoms with Crippen molar-refractivity contribution in [3.63, 3.8) is 0 Å². The molecular weight excluding hydrogens is 169 g/mol. The van der Waals surface area contributed by atoms with E-state index in [1.54, 1.807) is 0 Å². The molecule has 1 aliphatic heterocycles. The molecule has 0 atom stereocenters. The van der Waals surface area contributed by atoms with Crippen LogP contribution in [0.25, 0.3) is 0 Å². The molecule has 0 fully saturated rings. The average Bonchev–Trinajstić information content (AvgIpc) is 2.30. The molecule has 0 radical (unpaired) electrons. The third-order valence-electron chi connectivity index (χ3n) is 2.35. The van der Waals surface area contributed by atoms with Gasteiger partial charge in [-0.05, 0) is 5.92 Å². The summed E-state index contributed by atoms with van der Waals surface area (Å²) in [7, 11) is -2.01. The predicted octanol–water partition coefficient (Wildman–Crippen LogP) is 2.42. The highest BCUT2D eigenvalue weighted by Crippen LogP contribution is 2.43. The van der Waals surface area contributed by atoms with Gasteiger partial charge in [-0.2, -0.15) is 0 Å². The molecule has 1 heterocycles. The molecule has 0 aromatic rings. The number of hydrogen-bond acceptors (Lipinski definition) is 1. The molecule has 0 unspecified atom stereocenters. The Hall–Kier alpha value is -0.0700. The largest absolute Gasteiger partial charge is 0.307 e. The highest BCUT2D eigenvalue weighted by Gasteiger charge is 2.24. The van der Waals surface area contributed by atoms with Crippen molar-refractivity contribution in [3.8, 4) is 0 Å². The monoisotopic (exact) mass is 187 g/mol. The fourth-order valence-corrected chi connectivity index (χ4v) is 2.33. The van der Waals surface area contributed by atoms with Crippen LogP contribution in [0, 0.1) is 5.92 Å². The van der Waals surface area contributed by atoms with Crippen LogP contribution in [0.15, 0.2) is 11.6 Å². The molecule has 0 spiro atoms. The molecule has 0 aliphatic carbocycles. The van der Waals surface area contributed by atoms with Crippen LogP contribution in [-0.2, 0) is 4.57 Å². The van der Waals surface area contributed by atoms with Gasteiger partial charge in [0.05, 0.1) is 0 Å². The summed E-state index contributed by atoms with van der Waals surface area (Å²) in [5, 5.41) is 0. The van der Waals surface area contributed by atoms with E-state index in [4.69, 9.17) is 0 Å². The third kappa shape index (κ3) is 2.21. The van der Waals surface area contributed by atoms with Crippen molar-refractivity contribution in [1.29, 1.82) is 0 Å². The molecule has 0 saturated carbocycles. The van der Waals surface area contributed by atoms with Gasteiger partial charge >= 0.3 is 0 Å². The fourth-order valence-electron chi connectivity index (χ4n) is 1.35. The normalized spacial score (nSPS) is 20.2. The van der Waals surface area contributed by atoms with Gasteiger partial charge in [0.15, 0.2) is 0 Å². The van der Waals surface area contributed by atoms with Gasteiger partial charge in [-0.25, -0.2) is 4.67 Å². The Kier molecular flexibility index (Phi) is 2.80. The maximum atomic E-state index is 11.7. The summed E-state index contributed by atoms with van der Waals surface area (Å²) >= 11 is 0. The van der Waals surface area contributed by atoms with E-state index in [-0.39, 0.29) is 0 Å². The molecule has 0 amide bonds. The van der Waals surface area contributed by atoms with E-state index >= 15 is 0 Å². The zero-order valence-electron chi connectivity index (χ0n) is 8.37. The van der Waals surface area contributed by atoms with Crippen LogP contribution in [0.2, 0.25) is 0 Å². The van der Waals surface area contributed by atoms with E-state index in [9.17, 15) is 4.57 Å². The Labute approximate surface area is 75.1 Å². The van der Waals surface area contributed by atoms with Gasteiger partial charge in [0.2, 0.25) is 0 Å². The van der Waals surface area contributed by atoms with Crippen LogP contribution in [0.1, 0.15) is 13.8 Å². The molecule has 0 aromatic carbocycles. The molecule has 12 heavy (non-hydrogen) atoms. The summed E-state index contributed by atoms with van der Waals surface area (Å²) in [6.45, 7) is 9.82. The molecule has 1 aliphatic rings.